The maximum Gasteiger partial charge on any atom is 0.0995 e. The van der Waals surface area contributed by atoms with Crippen LogP contribution in [0.5, 0.6) is 0 Å². The smallest absolute Gasteiger partial charge is 0.0995 e. The van der Waals surface area contributed by atoms with Crippen molar-refractivity contribution in [1.82, 2.24) is 4.98 Å². The summed E-state index contributed by atoms with van der Waals surface area (Å²) in [6.45, 7) is 0. The molecule has 7 aliphatic rings. The Morgan fingerprint density at radius 2 is 1.23 bits per heavy atom. The van der Waals surface area contributed by atoms with Gasteiger partial charge in [0.1, 0.15) is 0 Å². The molecule has 1 N–H and O–H groups in total. The first kappa shape index (κ1) is 23.1. The summed E-state index contributed by atoms with van der Waals surface area (Å²) in [5.41, 5.74) is 13.1. The van der Waals surface area contributed by atoms with E-state index in [2.05, 4.69) is 96.0 Å². The fourth-order valence-corrected chi connectivity index (χ4v) is 11.5. The van der Waals surface area contributed by atoms with Crippen LogP contribution < -0.4 is 0 Å². The Kier molecular flexibility index (Phi) is 4.19. The van der Waals surface area contributed by atoms with Crippen LogP contribution in [0.25, 0.3) is 32.6 Å². The summed E-state index contributed by atoms with van der Waals surface area (Å²) in [6.07, 6.45) is 8.62. The van der Waals surface area contributed by atoms with E-state index in [0.717, 1.165) is 28.8 Å². The van der Waals surface area contributed by atoms with Gasteiger partial charge in [0.05, 0.1) is 11.6 Å². The number of nitrogens with zero attached hydrogens (tertiary/aromatic N) is 1. The second-order valence-corrected chi connectivity index (χ2v) is 14.7. The maximum atomic E-state index is 10.5. The Balaban J connectivity index is 1.20. The molecule has 43 heavy (non-hydrogen) atoms. The minimum atomic E-state index is 0.0917. The van der Waals surface area contributed by atoms with Crippen LogP contribution in [0.2, 0.25) is 0 Å². The number of fused-ring (bicyclic) bond motifs is 5. The van der Waals surface area contributed by atoms with E-state index in [4.69, 9.17) is 0 Å². The van der Waals surface area contributed by atoms with Gasteiger partial charge in [0.15, 0.2) is 0 Å². The molecule has 0 unspecified atom stereocenters. The zero-order valence-electron chi connectivity index (χ0n) is 24.2. The Labute approximate surface area is 251 Å². The van der Waals surface area contributed by atoms with Gasteiger partial charge in [-0.05, 0) is 124 Å². The Morgan fingerprint density at radius 1 is 0.628 bits per heavy atom. The SMILES string of the molecule is N#Cc1cc2[nH]c3ccc4cc(C56CC7CC(CC(C7)C5)C6)ccc4c3c2c2c1C1c3ccccc3C2c2ccccc21. The van der Waals surface area contributed by atoms with Gasteiger partial charge in [0, 0.05) is 33.6 Å². The van der Waals surface area contributed by atoms with Gasteiger partial charge < -0.3 is 4.98 Å². The number of H-pyrrole nitrogens is 1. The van der Waals surface area contributed by atoms with E-state index < -0.39 is 0 Å². The van der Waals surface area contributed by atoms with Gasteiger partial charge in [-0.2, -0.15) is 5.26 Å². The summed E-state index contributed by atoms with van der Waals surface area (Å²) >= 11 is 0. The second kappa shape index (κ2) is 7.78. The molecule has 2 nitrogen and oxygen atoms in total. The van der Waals surface area contributed by atoms with Crippen molar-refractivity contribution in [2.45, 2.75) is 55.8 Å². The highest BCUT2D eigenvalue weighted by Gasteiger charge is 2.51. The van der Waals surface area contributed by atoms with Crippen molar-refractivity contribution in [2.24, 2.45) is 17.8 Å². The van der Waals surface area contributed by atoms with Gasteiger partial charge in [0.2, 0.25) is 0 Å². The maximum absolute atomic E-state index is 10.5. The molecule has 0 aliphatic heterocycles. The minimum Gasteiger partial charge on any atom is -0.354 e. The molecule has 206 valence electrons. The molecule has 6 bridgehead atoms. The number of hydrogen-bond donors (Lipinski definition) is 1. The topological polar surface area (TPSA) is 39.6 Å². The predicted octanol–water partition coefficient (Wildman–Crippen LogP) is 9.80. The normalized spacial score (nSPS) is 29.1. The number of aromatic amines is 1. The number of benzene rings is 5. The summed E-state index contributed by atoms with van der Waals surface area (Å²) in [6, 6.07) is 34.8. The molecular formula is C41H32N2. The van der Waals surface area contributed by atoms with Crippen molar-refractivity contribution in [2.75, 3.05) is 0 Å². The number of hydrogen-bond acceptors (Lipinski definition) is 1. The third kappa shape index (κ3) is 2.80. The Bertz CT molecular complexity index is 2180. The highest BCUT2D eigenvalue weighted by Crippen LogP contribution is 2.62. The van der Waals surface area contributed by atoms with Crippen molar-refractivity contribution >= 4 is 32.6 Å². The quantitative estimate of drug-likeness (QED) is 0.216. The van der Waals surface area contributed by atoms with Gasteiger partial charge in [0.25, 0.3) is 0 Å². The van der Waals surface area contributed by atoms with Crippen LogP contribution >= 0.6 is 0 Å². The number of nitrogens with one attached hydrogen (secondary N) is 1. The van der Waals surface area contributed by atoms with Gasteiger partial charge in [-0.3, -0.25) is 0 Å². The molecule has 7 aliphatic carbocycles. The second-order valence-electron chi connectivity index (χ2n) is 14.7. The summed E-state index contributed by atoms with van der Waals surface area (Å²) < 4.78 is 0. The van der Waals surface area contributed by atoms with Gasteiger partial charge >= 0.3 is 0 Å². The van der Waals surface area contributed by atoms with E-state index in [0.29, 0.717) is 5.41 Å². The summed E-state index contributed by atoms with van der Waals surface area (Å²) in [5.74, 6) is 3.05. The number of aromatic nitrogens is 1. The lowest BCUT2D eigenvalue weighted by Crippen LogP contribution is -2.48. The van der Waals surface area contributed by atoms with Gasteiger partial charge in [-0.25, -0.2) is 0 Å². The lowest BCUT2D eigenvalue weighted by atomic mass is 9.48. The first-order valence-electron chi connectivity index (χ1n) is 16.3. The summed E-state index contributed by atoms with van der Waals surface area (Å²) in [4.78, 5) is 3.77. The van der Waals surface area contributed by atoms with Crippen molar-refractivity contribution in [3.05, 3.63) is 129 Å². The highest BCUT2D eigenvalue weighted by atomic mass is 14.7. The fraction of sp³-hybridized carbons (Fsp3) is 0.293. The lowest BCUT2D eigenvalue weighted by molar-refractivity contribution is -0.00512. The zero-order valence-corrected chi connectivity index (χ0v) is 24.2. The third-order valence-corrected chi connectivity index (χ3v) is 12.5. The highest BCUT2D eigenvalue weighted by molar-refractivity contribution is 6.22. The first-order valence-corrected chi connectivity index (χ1v) is 16.3. The molecular weight excluding hydrogens is 520 g/mol. The fourth-order valence-electron chi connectivity index (χ4n) is 11.5. The van der Waals surface area contributed by atoms with E-state index in [1.807, 2.05) is 0 Å². The molecule has 0 saturated heterocycles. The van der Waals surface area contributed by atoms with Crippen molar-refractivity contribution in [1.29, 1.82) is 5.26 Å². The van der Waals surface area contributed by atoms with E-state index in [9.17, 15) is 5.26 Å². The summed E-state index contributed by atoms with van der Waals surface area (Å²) in [7, 11) is 0. The molecule has 0 spiro atoms. The molecule has 0 radical (unpaired) electrons. The zero-order chi connectivity index (χ0) is 28.0. The van der Waals surface area contributed by atoms with Crippen LogP contribution in [-0.4, -0.2) is 4.98 Å². The number of nitriles is 1. The molecule has 2 heteroatoms. The van der Waals surface area contributed by atoms with Crippen molar-refractivity contribution in [3.63, 3.8) is 0 Å². The van der Waals surface area contributed by atoms with Crippen LogP contribution in [0.1, 0.15) is 94.9 Å². The van der Waals surface area contributed by atoms with Gasteiger partial charge in [-0.15, -0.1) is 0 Å². The molecule has 4 fully saturated rings. The lowest BCUT2D eigenvalue weighted by Gasteiger charge is -2.57. The standard InChI is InChI=1S/C41H32N2/c42-21-26-17-34-39(40-35(26)36-29-5-1-3-7-31(29)37(40)32-8-4-2-6-30(32)36)38-28-11-10-27(16-25(28)9-12-33(38)43-34)41-18-22-13-23(19-41)15-24(14-22)20-41/h1-12,16-17,22-24,36-37,43H,13-15,18-20H2. The molecule has 1 aromatic heterocycles. The van der Waals surface area contributed by atoms with Crippen LogP contribution in [0.15, 0.2) is 84.9 Å². The predicted molar refractivity (Wildman–Crippen MR) is 173 cm³/mol. The van der Waals surface area contributed by atoms with E-state index in [-0.39, 0.29) is 11.8 Å². The molecule has 5 aromatic carbocycles. The first-order chi connectivity index (χ1) is 21.2. The average Bonchev–Trinajstić information content (AvgIpc) is 3.42. The van der Waals surface area contributed by atoms with Crippen molar-refractivity contribution in [3.8, 4) is 6.07 Å². The van der Waals surface area contributed by atoms with Crippen LogP contribution in [0, 0.1) is 29.1 Å². The van der Waals surface area contributed by atoms with Crippen LogP contribution in [0.4, 0.5) is 0 Å². The van der Waals surface area contributed by atoms with Crippen LogP contribution in [-0.2, 0) is 5.41 Å². The average molecular weight is 553 g/mol. The number of rotatable bonds is 1. The van der Waals surface area contributed by atoms with E-state index >= 15 is 0 Å². The molecule has 0 amide bonds. The van der Waals surface area contributed by atoms with Gasteiger partial charge in [-0.1, -0.05) is 72.8 Å². The Hall–Kier alpha value is -4.35. The Morgan fingerprint density at radius 3 is 1.84 bits per heavy atom. The molecule has 0 atom stereocenters. The van der Waals surface area contributed by atoms with E-state index in [1.54, 1.807) is 5.56 Å². The molecule has 6 aromatic rings. The minimum absolute atomic E-state index is 0.0917. The van der Waals surface area contributed by atoms with Crippen LogP contribution in [0.3, 0.4) is 0 Å². The third-order valence-electron chi connectivity index (χ3n) is 12.5. The molecule has 1 heterocycles. The largest absolute Gasteiger partial charge is 0.354 e. The monoisotopic (exact) mass is 552 g/mol. The summed E-state index contributed by atoms with van der Waals surface area (Å²) in [5, 5.41) is 15.9. The molecule has 13 rings (SSSR count). The van der Waals surface area contributed by atoms with Crippen molar-refractivity contribution < 1.29 is 0 Å². The van der Waals surface area contributed by atoms with E-state index in [1.165, 1.54) is 99.0 Å². The molecule has 4 saturated carbocycles.